The molecule has 0 bridgehead atoms. The quantitative estimate of drug-likeness (QED) is 0.478. The SMILES string of the molecule is C/C(NNC(=O)CCCO)=C1/C(=O)N(c2ccc(C)cc2)c2cc(C(F)(F)F)ccc21. The van der Waals surface area contributed by atoms with Crippen molar-refractivity contribution in [2.45, 2.75) is 32.9 Å². The first-order valence-electron chi connectivity index (χ1n) is 9.63. The van der Waals surface area contributed by atoms with Gasteiger partial charge < -0.3 is 10.5 Å². The summed E-state index contributed by atoms with van der Waals surface area (Å²) in [6.07, 6.45) is -4.19. The lowest BCUT2D eigenvalue weighted by Crippen LogP contribution is -2.37. The van der Waals surface area contributed by atoms with E-state index in [2.05, 4.69) is 10.9 Å². The van der Waals surface area contributed by atoms with Gasteiger partial charge in [0.05, 0.1) is 16.8 Å². The molecule has 0 aromatic heterocycles. The van der Waals surface area contributed by atoms with E-state index in [1.165, 1.54) is 11.0 Å². The maximum absolute atomic E-state index is 13.3. The van der Waals surface area contributed by atoms with Crippen molar-refractivity contribution in [2.24, 2.45) is 0 Å². The topological polar surface area (TPSA) is 81.7 Å². The molecule has 1 aliphatic heterocycles. The summed E-state index contributed by atoms with van der Waals surface area (Å²) in [6, 6.07) is 10.0. The highest BCUT2D eigenvalue weighted by Crippen LogP contribution is 2.45. The molecule has 0 radical (unpaired) electrons. The fraction of sp³-hybridized carbons (Fsp3) is 0.273. The molecule has 0 atom stereocenters. The number of aryl methyl sites for hydroxylation is 1. The molecule has 31 heavy (non-hydrogen) atoms. The normalized spacial score (nSPS) is 15.0. The molecule has 3 N–H and O–H groups in total. The first kappa shape index (κ1) is 22.4. The minimum absolute atomic E-state index is 0.0844. The Morgan fingerprint density at radius 2 is 1.77 bits per heavy atom. The predicted octanol–water partition coefficient (Wildman–Crippen LogP) is 3.82. The molecule has 0 saturated carbocycles. The van der Waals surface area contributed by atoms with E-state index in [4.69, 9.17) is 5.11 Å². The molecule has 164 valence electrons. The number of hydrogen-bond donors (Lipinski definition) is 3. The second-order valence-electron chi connectivity index (χ2n) is 7.21. The van der Waals surface area contributed by atoms with Crippen LogP contribution < -0.4 is 15.8 Å². The molecule has 1 aliphatic rings. The Kier molecular flexibility index (Phi) is 6.35. The first-order valence-corrected chi connectivity index (χ1v) is 9.63. The summed E-state index contributed by atoms with van der Waals surface area (Å²) in [5, 5.41) is 8.80. The molecule has 0 aliphatic carbocycles. The maximum atomic E-state index is 13.3. The monoisotopic (exact) mass is 433 g/mol. The number of aliphatic hydroxyl groups excluding tert-OH is 1. The lowest BCUT2D eigenvalue weighted by atomic mass is 10.0. The lowest BCUT2D eigenvalue weighted by Gasteiger charge is -2.19. The van der Waals surface area contributed by atoms with Crippen molar-refractivity contribution in [1.29, 1.82) is 0 Å². The molecule has 2 aromatic rings. The van der Waals surface area contributed by atoms with Crippen molar-refractivity contribution in [3.8, 4) is 0 Å². The van der Waals surface area contributed by atoms with Crippen LogP contribution in [0.1, 0.15) is 36.5 Å². The average Bonchev–Trinajstić information content (AvgIpc) is 3.01. The number of aliphatic hydroxyl groups is 1. The standard InChI is InChI=1S/C22H22F3N3O3/c1-13-5-8-16(9-6-13)28-18-12-15(22(23,24)25)7-10-17(18)20(21(28)31)14(2)26-27-19(30)4-3-11-29/h5-10,12,26,29H,3-4,11H2,1-2H3,(H,27,30)/b20-14-. The third-order valence-electron chi connectivity index (χ3n) is 4.87. The van der Waals surface area contributed by atoms with Crippen LogP contribution in [0, 0.1) is 6.92 Å². The summed E-state index contributed by atoms with van der Waals surface area (Å²) in [6.45, 7) is 3.29. The summed E-state index contributed by atoms with van der Waals surface area (Å²) in [7, 11) is 0. The van der Waals surface area contributed by atoms with E-state index in [1.807, 2.05) is 6.92 Å². The molecule has 9 heteroatoms. The zero-order valence-corrected chi connectivity index (χ0v) is 17.0. The third kappa shape index (κ3) is 4.72. The molecule has 6 nitrogen and oxygen atoms in total. The fourth-order valence-corrected chi connectivity index (χ4v) is 3.28. The number of benzene rings is 2. The van der Waals surface area contributed by atoms with Crippen molar-refractivity contribution < 1.29 is 27.9 Å². The summed E-state index contributed by atoms with van der Waals surface area (Å²) in [4.78, 5) is 26.3. The number of anilines is 2. The van der Waals surface area contributed by atoms with Gasteiger partial charge in [-0.3, -0.25) is 19.9 Å². The first-order chi connectivity index (χ1) is 14.6. The van der Waals surface area contributed by atoms with Crippen LogP contribution in [0.4, 0.5) is 24.5 Å². The van der Waals surface area contributed by atoms with E-state index >= 15 is 0 Å². The van der Waals surface area contributed by atoms with E-state index in [0.29, 0.717) is 11.3 Å². The van der Waals surface area contributed by atoms with Crippen molar-refractivity contribution in [1.82, 2.24) is 10.9 Å². The smallest absolute Gasteiger partial charge is 0.396 e. The highest BCUT2D eigenvalue weighted by Gasteiger charge is 2.38. The van der Waals surface area contributed by atoms with Gasteiger partial charge in [-0.25, -0.2) is 0 Å². The maximum Gasteiger partial charge on any atom is 0.416 e. The molecule has 0 fully saturated rings. The number of nitrogens with zero attached hydrogens (tertiary/aromatic N) is 1. The summed E-state index contributed by atoms with van der Waals surface area (Å²) in [5.41, 5.74) is 6.51. The van der Waals surface area contributed by atoms with Gasteiger partial charge in [0.2, 0.25) is 5.91 Å². The molecular formula is C22H22F3N3O3. The van der Waals surface area contributed by atoms with Gasteiger partial charge >= 0.3 is 6.18 Å². The molecule has 3 rings (SSSR count). The summed E-state index contributed by atoms with van der Waals surface area (Å²) < 4.78 is 39.9. The fourth-order valence-electron chi connectivity index (χ4n) is 3.28. The Bertz CT molecular complexity index is 1030. The minimum Gasteiger partial charge on any atom is -0.396 e. The molecule has 0 unspecified atom stereocenters. The zero-order valence-electron chi connectivity index (χ0n) is 17.0. The average molecular weight is 433 g/mol. The van der Waals surface area contributed by atoms with Gasteiger partial charge in [0.25, 0.3) is 5.91 Å². The predicted molar refractivity (Wildman–Crippen MR) is 110 cm³/mol. The largest absolute Gasteiger partial charge is 0.416 e. The van der Waals surface area contributed by atoms with Gasteiger partial charge in [-0.1, -0.05) is 23.8 Å². The number of allylic oxidation sites excluding steroid dienone is 1. The number of rotatable bonds is 6. The number of amides is 2. The number of carbonyl (C=O) groups is 2. The Labute approximate surface area is 177 Å². The van der Waals surface area contributed by atoms with E-state index in [1.54, 1.807) is 31.2 Å². The molecule has 2 aromatic carbocycles. The van der Waals surface area contributed by atoms with E-state index in [0.717, 1.165) is 17.7 Å². The summed E-state index contributed by atoms with van der Waals surface area (Å²) in [5.74, 6) is -0.893. The highest BCUT2D eigenvalue weighted by atomic mass is 19.4. The number of hydrogen-bond acceptors (Lipinski definition) is 4. The van der Waals surface area contributed by atoms with Crippen molar-refractivity contribution in [2.75, 3.05) is 11.5 Å². The zero-order chi connectivity index (χ0) is 22.8. The van der Waals surface area contributed by atoms with Gasteiger partial charge in [0.15, 0.2) is 0 Å². The molecular weight excluding hydrogens is 411 g/mol. The number of halogens is 3. The Morgan fingerprint density at radius 1 is 1.10 bits per heavy atom. The van der Waals surface area contributed by atoms with Gasteiger partial charge in [-0.15, -0.1) is 0 Å². The Morgan fingerprint density at radius 3 is 2.39 bits per heavy atom. The molecule has 2 amide bonds. The number of carbonyl (C=O) groups excluding carboxylic acids is 2. The van der Waals surface area contributed by atoms with Crippen LogP contribution in [0.5, 0.6) is 0 Å². The number of alkyl halides is 3. The third-order valence-corrected chi connectivity index (χ3v) is 4.87. The second kappa shape index (κ2) is 8.81. The van der Waals surface area contributed by atoms with Gasteiger partial charge in [-0.05, 0) is 44.5 Å². The van der Waals surface area contributed by atoms with Gasteiger partial charge in [-0.2, -0.15) is 13.2 Å². The van der Waals surface area contributed by atoms with Crippen LogP contribution in [0.3, 0.4) is 0 Å². The number of nitrogens with one attached hydrogen (secondary N) is 2. The van der Waals surface area contributed by atoms with Crippen molar-refractivity contribution in [3.05, 3.63) is 64.9 Å². The van der Waals surface area contributed by atoms with Crippen LogP contribution in [0.2, 0.25) is 0 Å². The second-order valence-corrected chi connectivity index (χ2v) is 7.21. The van der Waals surface area contributed by atoms with Crippen LogP contribution in [-0.4, -0.2) is 23.5 Å². The number of fused-ring (bicyclic) bond motifs is 1. The molecule has 1 heterocycles. The summed E-state index contributed by atoms with van der Waals surface area (Å²) >= 11 is 0. The highest BCUT2D eigenvalue weighted by molar-refractivity contribution is 6.35. The van der Waals surface area contributed by atoms with Crippen LogP contribution >= 0.6 is 0 Å². The van der Waals surface area contributed by atoms with Gasteiger partial charge in [0, 0.05) is 30.0 Å². The lowest BCUT2D eigenvalue weighted by molar-refractivity contribution is -0.137. The van der Waals surface area contributed by atoms with Crippen molar-refractivity contribution in [3.63, 3.8) is 0 Å². The Hall–Kier alpha value is -3.33. The van der Waals surface area contributed by atoms with Crippen LogP contribution in [0.15, 0.2) is 48.2 Å². The van der Waals surface area contributed by atoms with E-state index < -0.39 is 17.6 Å². The van der Waals surface area contributed by atoms with Crippen LogP contribution in [0.25, 0.3) is 5.57 Å². The van der Waals surface area contributed by atoms with Crippen molar-refractivity contribution >= 4 is 28.8 Å². The molecule has 0 spiro atoms. The van der Waals surface area contributed by atoms with Crippen LogP contribution in [-0.2, 0) is 15.8 Å². The molecule has 0 saturated heterocycles. The number of hydrazine groups is 1. The van der Waals surface area contributed by atoms with E-state index in [-0.39, 0.29) is 42.3 Å². The van der Waals surface area contributed by atoms with E-state index in [9.17, 15) is 22.8 Å². The van der Waals surface area contributed by atoms with Gasteiger partial charge in [0.1, 0.15) is 0 Å². The minimum atomic E-state index is -4.56. The Balaban J connectivity index is 2.04.